The normalized spacial score (nSPS) is 15.6. The molecule has 0 unspecified atom stereocenters. The standard InChI is InChI=1S/C31H35N4/c1-2-3-19-29-20-21-33-30(34-29)35(24-22-32-23-25-35)31(26-13-7-4-8-14-26,27-15-9-5-10-16-27)28-17-11-6-12-18-28/h4-18,20-21,32H,2-3,19,22-25H2,1H3/q+1. The van der Waals surface area contributed by atoms with Gasteiger partial charge in [-0.05, 0) is 18.9 Å². The Morgan fingerprint density at radius 1 is 0.743 bits per heavy atom. The molecule has 35 heavy (non-hydrogen) atoms. The second kappa shape index (κ2) is 10.5. The Bertz CT molecular complexity index is 1110. The van der Waals surface area contributed by atoms with E-state index in [9.17, 15) is 0 Å². The van der Waals surface area contributed by atoms with Crippen LogP contribution < -0.4 is 9.80 Å². The fourth-order valence-electron chi connectivity index (χ4n) is 5.83. The van der Waals surface area contributed by atoms with Crippen molar-refractivity contribution in [1.29, 1.82) is 0 Å². The maximum absolute atomic E-state index is 5.28. The Morgan fingerprint density at radius 3 is 1.74 bits per heavy atom. The minimum absolute atomic E-state index is 0.491. The van der Waals surface area contributed by atoms with Gasteiger partial charge in [0, 0.05) is 41.7 Å². The zero-order valence-electron chi connectivity index (χ0n) is 20.6. The third-order valence-corrected chi connectivity index (χ3v) is 7.43. The maximum Gasteiger partial charge on any atom is 0.330 e. The van der Waals surface area contributed by atoms with Crippen molar-refractivity contribution in [2.24, 2.45) is 0 Å². The molecule has 0 saturated carbocycles. The number of benzene rings is 3. The number of nitrogens with one attached hydrogen (secondary N) is 1. The van der Waals surface area contributed by atoms with Crippen molar-refractivity contribution in [3.05, 3.63) is 126 Å². The van der Waals surface area contributed by atoms with Gasteiger partial charge in [0.1, 0.15) is 0 Å². The lowest BCUT2D eigenvalue weighted by Gasteiger charge is -2.53. The molecule has 1 saturated heterocycles. The van der Waals surface area contributed by atoms with E-state index < -0.39 is 5.54 Å². The van der Waals surface area contributed by atoms with E-state index in [1.165, 1.54) is 16.7 Å². The Kier molecular flexibility index (Phi) is 7.03. The monoisotopic (exact) mass is 463 g/mol. The summed E-state index contributed by atoms with van der Waals surface area (Å²) in [6, 6.07) is 35.1. The number of nitrogens with zero attached hydrogens (tertiary/aromatic N) is 3. The molecular formula is C31H35N4+. The summed E-state index contributed by atoms with van der Waals surface area (Å²) in [7, 11) is 0. The Labute approximate surface area is 209 Å². The van der Waals surface area contributed by atoms with Crippen molar-refractivity contribution in [2.45, 2.75) is 31.7 Å². The van der Waals surface area contributed by atoms with E-state index in [1.54, 1.807) is 0 Å². The molecule has 5 rings (SSSR count). The van der Waals surface area contributed by atoms with Gasteiger partial charge >= 0.3 is 5.95 Å². The first-order chi connectivity index (χ1) is 17.3. The summed E-state index contributed by atoms with van der Waals surface area (Å²) < 4.78 is 0.651. The van der Waals surface area contributed by atoms with Gasteiger partial charge in [-0.25, -0.2) is 4.48 Å². The molecule has 3 aromatic carbocycles. The number of aryl methyl sites for hydroxylation is 1. The van der Waals surface area contributed by atoms with Crippen LogP contribution >= 0.6 is 0 Å². The van der Waals surface area contributed by atoms with E-state index in [1.807, 2.05) is 6.20 Å². The van der Waals surface area contributed by atoms with Crippen LogP contribution in [0.15, 0.2) is 103 Å². The number of unbranched alkanes of at least 4 members (excludes halogenated alkanes) is 1. The summed E-state index contributed by atoms with van der Waals surface area (Å²) in [5.41, 5.74) is 4.44. The lowest BCUT2D eigenvalue weighted by atomic mass is 9.73. The topological polar surface area (TPSA) is 37.8 Å². The van der Waals surface area contributed by atoms with E-state index in [0.717, 1.165) is 57.1 Å². The van der Waals surface area contributed by atoms with Crippen LogP contribution in [-0.4, -0.2) is 36.1 Å². The third-order valence-electron chi connectivity index (χ3n) is 7.43. The van der Waals surface area contributed by atoms with Crippen LogP contribution in [0.2, 0.25) is 0 Å². The van der Waals surface area contributed by atoms with Gasteiger partial charge in [0.25, 0.3) is 0 Å². The highest BCUT2D eigenvalue weighted by atomic mass is 15.5. The van der Waals surface area contributed by atoms with E-state index >= 15 is 0 Å². The lowest BCUT2D eigenvalue weighted by molar-refractivity contribution is 0.130. The van der Waals surface area contributed by atoms with Crippen molar-refractivity contribution < 1.29 is 0 Å². The molecule has 0 radical (unpaired) electrons. The number of aromatic nitrogens is 2. The molecule has 0 spiro atoms. The number of quaternary nitrogens is 1. The Morgan fingerprint density at radius 2 is 1.26 bits per heavy atom. The fraction of sp³-hybridized carbons (Fsp3) is 0.290. The molecule has 1 aromatic heterocycles. The van der Waals surface area contributed by atoms with Crippen molar-refractivity contribution in [3.8, 4) is 0 Å². The highest BCUT2D eigenvalue weighted by molar-refractivity contribution is 5.56. The molecule has 2 heterocycles. The van der Waals surface area contributed by atoms with Crippen molar-refractivity contribution >= 4 is 5.95 Å². The quantitative estimate of drug-likeness (QED) is 0.268. The molecule has 1 aliphatic heterocycles. The number of piperazine rings is 1. The average molecular weight is 464 g/mol. The minimum atomic E-state index is -0.491. The van der Waals surface area contributed by atoms with Gasteiger partial charge in [-0.1, -0.05) is 104 Å². The summed E-state index contributed by atoms with van der Waals surface area (Å²) in [4.78, 5) is 10.3. The molecule has 1 fully saturated rings. The number of hydrogen-bond acceptors (Lipinski definition) is 3. The third kappa shape index (κ3) is 4.18. The molecule has 0 amide bonds. The molecule has 0 aliphatic carbocycles. The van der Waals surface area contributed by atoms with E-state index in [0.29, 0.717) is 4.48 Å². The first kappa shape index (κ1) is 23.4. The van der Waals surface area contributed by atoms with Crippen LogP contribution in [0.3, 0.4) is 0 Å². The molecule has 0 bridgehead atoms. The SMILES string of the molecule is CCCCc1ccnc([N+]2(C(c3ccccc3)(c3ccccc3)c3ccccc3)CCNCC2)n1. The highest BCUT2D eigenvalue weighted by Gasteiger charge is 2.58. The molecular weight excluding hydrogens is 428 g/mol. The van der Waals surface area contributed by atoms with Crippen molar-refractivity contribution in [2.75, 3.05) is 26.2 Å². The summed E-state index contributed by atoms with van der Waals surface area (Å²) in [6.45, 7) is 5.86. The van der Waals surface area contributed by atoms with Crippen LogP contribution in [0, 0.1) is 0 Å². The zero-order valence-corrected chi connectivity index (χ0v) is 20.6. The lowest BCUT2D eigenvalue weighted by Crippen LogP contribution is -2.71. The van der Waals surface area contributed by atoms with Gasteiger partial charge in [-0.2, -0.15) is 9.97 Å². The van der Waals surface area contributed by atoms with Crippen LogP contribution in [0.5, 0.6) is 0 Å². The number of rotatable bonds is 8. The smallest absolute Gasteiger partial charge is 0.306 e. The number of hydrogen-bond donors (Lipinski definition) is 1. The van der Waals surface area contributed by atoms with E-state index in [-0.39, 0.29) is 0 Å². The summed E-state index contributed by atoms with van der Waals surface area (Å²) >= 11 is 0. The van der Waals surface area contributed by atoms with Crippen LogP contribution in [-0.2, 0) is 12.0 Å². The van der Waals surface area contributed by atoms with Crippen molar-refractivity contribution in [3.63, 3.8) is 0 Å². The first-order valence-electron chi connectivity index (χ1n) is 12.9. The maximum atomic E-state index is 5.28. The van der Waals surface area contributed by atoms with Gasteiger partial charge in [0.15, 0.2) is 5.54 Å². The molecule has 178 valence electrons. The van der Waals surface area contributed by atoms with Gasteiger partial charge in [0.05, 0.1) is 13.1 Å². The van der Waals surface area contributed by atoms with Crippen LogP contribution in [0.1, 0.15) is 42.1 Å². The van der Waals surface area contributed by atoms with Crippen molar-refractivity contribution in [1.82, 2.24) is 19.8 Å². The zero-order chi connectivity index (χ0) is 24.0. The van der Waals surface area contributed by atoms with Crippen LogP contribution in [0.25, 0.3) is 0 Å². The van der Waals surface area contributed by atoms with Crippen LogP contribution in [0.4, 0.5) is 5.95 Å². The van der Waals surface area contributed by atoms with Gasteiger partial charge in [-0.3, -0.25) is 0 Å². The summed E-state index contributed by atoms with van der Waals surface area (Å²) in [5.74, 6) is 0.914. The second-order valence-electron chi connectivity index (χ2n) is 9.43. The predicted octanol–water partition coefficient (Wildman–Crippen LogP) is 5.72. The van der Waals surface area contributed by atoms with Gasteiger partial charge in [-0.15, -0.1) is 0 Å². The molecule has 1 N–H and O–H groups in total. The molecule has 4 nitrogen and oxygen atoms in total. The minimum Gasteiger partial charge on any atom is -0.306 e. The summed E-state index contributed by atoms with van der Waals surface area (Å²) in [5, 5.41) is 3.61. The summed E-state index contributed by atoms with van der Waals surface area (Å²) in [6.07, 6.45) is 5.25. The molecule has 0 atom stereocenters. The first-order valence-corrected chi connectivity index (χ1v) is 12.9. The molecule has 1 aliphatic rings. The average Bonchev–Trinajstić information content (AvgIpc) is 2.95. The molecule has 4 heteroatoms. The largest absolute Gasteiger partial charge is 0.330 e. The second-order valence-corrected chi connectivity index (χ2v) is 9.43. The Balaban J connectivity index is 1.87. The molecule has 4 aromatic rings. The van der Waals surface area contributed by atoms with Gasteiger partial charge in [0.2, 0.25) is 0 Å². The van der Waals surface area contributed by atoms with E-state index in [4.69, 9.17) is 9.97 Å². The highest BCUT2D eigenvalue weighted by Crippen LogP contribution is 2.49. The predicted molar refractivity (Wildman–Crippen MR) is 144 cm³/mol. The Hall–Kier alpha value is -3.34. The van der Waals surface area contributed by atoms with E-state index in [2.05, 4.69) is 109 Å². The van der Waals surface area contributed by atoms with Gasteiger partial charge < -0.3 is 5.32 Å². The fourth-order valence-corrected chi connectivity index (χ4v) is 5.83.